The van der Waals surface area contributed by atoms with Gasteiger partial charge < -0.3 is 17.7 Å². The summed E-state index contributed by atoms with van der Waals surface area (Å²) in [6, 6.07) is 57.1. The number of hydrogen-bond donors (Lipinski definition) is 0. The van der Waals surface area contributed by atoms with Crippen LogP contribution in [0.25, 0.3) is 128 Å². The molecule has 0 amide bonds. The summed E-state index contributed by atoms with van der Waals surface area (Å²) in [6.45, 7) is 6.23. The molecule has 0 saturated carbocycles. The third-order valence-electron chi connectivity index (χ3n) is 11.8. The summed E-state index contributed by atoms with van der Waals surface area (Å²) in [4.78, 5) is 0. The van der Waals surface area contributed by atoms with Gasteiger partial charge in [0, 0.05) is 43.3 Å². The molecule has 0 aliphatic rings. The highest BCUT2D eigenvalue weighted by Gasteiger charge is 2.21. The van der Waals surface area contributed by atoms with Gasteiger partial charge >= 0.3 is 0 Å². The molecule has 278 valence electrons. The Hall–Kier alpha value is -7.82. The molecule has 59 heavy (non-hydrogen) atoms. The molecule has 0 N–H and O–H groups in total. The Balaban J connectivity index is 0.992. The van der Waals surface area contributed by atoms with E-state index in [2.05, 4.69) is 147 Å². The van der Waals surface area contributed by atoms with Gasteiger partial charge in [-0.25, -0.2) is 0 Å². The van der Waals surface area contributed by atoms with Crippen LogP contribution in [0.3, 0.4) is 0 Å². The van der Waals surface area contributed by atoms with E-state index in [-0.39, 0.29) is 0 Å². The van der Waals surface area contributed by atoms with Crippen molar-refractivity contribution in [1.82, 2.24) is 0 Å². The Labute approximate surface area is 338 Å². The van der Waals surface area contributed by atoms with Crippen molar-refractivity contribution in [3.8, 4) is 33.4 Å². The molecule has 4 heterocycles. The Morgan fingerprint density at radius 1 is 0.390 bits per heavy atom. The topological polar surface area (TPSA) is 52.6 Å². The maximum Gasteiger partial charge on any atom is 0.136 e. The lowest BCUT2D eigenvalue weighted by molar-refractivity contribution is 0.603. The minimum Gasteiger partial charge on any atom is -0.456 e. The van der Waals surface area contributed by atoms with Crippen LogP contribution >= 0.6 is 0 Å². The molecule has 4 aromatic heterocycles. The zero-order chi connectivity index (χ0) is 39.2. The number of furan rings is 4. The largest absolute Gasteiger partial charge is 0.456 e. The smallest absolute Gasteiger partial charge is 0.136 e. The van der Waals surface area contributed by atoms with E-state index in [1.54, 1.807) is 6.08 Å². The van der Waals surface area contributed by atoms with E-state index >= 15 is 0 Å². The molecule has 0 atom stereocenters. The zero-order valence-corrected chi connectivity index (χ0v) is 32.1. The van der Waals surface area contributed by atoms with Gasteiger partial charge in [0.05, 0.1) is 0 Å². The zero-order valence-electron chi connectivity index (χ0n) is 32.1. The molecule has 0 radical (unpaired) electrons. The van der Waals surface area contributed by atoms with Crippen LogP contribution in [0.4, 0.5) is 0 Å². The van der Waals surface area contributed by atoms with Crippen molar-refractivity contribution in [2.75, 3.05) is 0 Å². The van der Waals surface area contributed by atoms with E-state index in [1.807, 2.05) is 36.4 Å². The van der Waals surface area contributed by atoms with E-state index in [1.165, 1.54) is 5.56 Å². The molecular formula is C55H34O4. The summed E-state index contributed by atoms with van der Waals surface area (Å²) in [5, 5.41) is 7.36. The number of hydrogen-bond acceptors (Lipinski definition) is 4. The van der Waals surface area contributed by atoms with Crippen LogP contribution in [0.2, 0.25) is 0 Å². The van der Waals surface area contributed by atoms with Gasteiger partial charge in [-0.15, -0.1) is 0 Å². The molecular weight excluding hydrogens is 725 g/mol. The second-order valence-electron chi connectivity index (χ2n) is 15.3. The highest BCUT2D eigenvalue weighted by atomic mass is 16.3. The minimum atomic E-state index is 0.738. The van der Waals surface area contributed by atoms with E-state index in [0.717, 1.165) is 127 Å². The van der Waals surface area contributed by atoms with Gasteiger partial charge in [0.15, 0.2) is 0 Å². The Kier molecular flexibility index (Phi) is 7.26. The van der Waals surface area contributed by atoms with Crippen molar-refractivity contribution < 1.29 is 17.7 Å². The molecule has 0 aliphatic heterocycles. The molecule has 4 heteroatoms. The first kappa shape index (κ1) is 33.3. The van der Waals surface area contributed by atoms with Crippen LogP contribution in [-0.4, -0.2) is 0 Å². The third-order valence-corrected chi connectivity index (χ3v) is 11.8. The fraction of sp³-hybridized carbons (Fsp3) is 0.0182. The van der Waals surface area contributed by atoms with Gasteiger partial charge in [-0.3, -0.25) is 0 Å². The summed E-state index contributed by atoms with van der Waals surface area (Å²) in [7, 11) is 0. The average molecular weight is 759 g/mol. The normalized spacial score (nSPS) is 12.3. The summed E-state index contributed by atoms with van der Waals surface area (Å²) < 4.78 is 25.8. The predicted octanol–water partition coefficient (Wildman–Crippen LogP) is 16.3. The van der Waals surface area contributed by atoms with Gasteiger partial charge in [0.2, 0.25) is 0 Å². The van der Waals surface area contributed by atoms with Crippen molar-refractivity contribution in [2.45, 2.75) is 6.92 Å². The molecule has 12 aromatic rings. The molecule has 0 bridgehead atoms. The van der Waals surface area contributed by atoms with Crippen molar-refractivity contribution in [3.05, 3.63) is 187 Å². The molecule has 4 nitrogen and oxygen atoms in total. The van der Waals surface area contributed by atoms with E-state index in [9.17, 15) is 0 Å². The lowest BCUT2D eigenvalue weighted by Crippen LogP contribution is -1.83. The fourth-order valence-electron chi connectivity index (χ4n) is 8.98. The lowest BCUT2D eigenvalue weighted by Gasteiger charge is -2.07. The SMILES string of the molecule is C=Cc1oc2ccc3oc4ccc(-c5cccc(-c6ccc7oc8ccc9oc%10ccc(-c%11ccccc%11)cc%10c9c8c7c6)c5)cc4c3c2c1/C=C(\C)c1ccccc1. The number of allylic oxidation sites excluding steroid dienone is 1. The van der Waals surface area contributed by atoms with Crippen molar-refractivity contribution in [2.24, 2.45) is 0 Å². The first-order valence-electron chi connectivity index (χ1n) is 19.8. The predicted molar refractivity (Wildman–Crippen MR) is 244 cm³/mol. The molecule has 12 rings (SSSR count). The summed E-state index contributed by atoms with van der Waals surface area (Å²) >= 11 is 0. The van der Waals surface area contributed by atoms with Crippen LogP contribution in [0.1, 0.15) is 23.8 Å². The maximum absolute atomic E-state index is 6.48. The molecule has 0 aliphatic carbocycles. The van der Waals surface area contributed by atoms with Crippen LogP contribution in [0.15, 0.2) is 188 Å². The van der Waals surface area contributed by atoms with Gasteiger partial charge in [-0.2, -0.15) is 0 Å². The van der Waals surface area contributed by atoms with Crippen molar-refractivity contribution in [1.29, 1.82) is 0 Å². The van der Waals surface area contributed by atoms with Crippen LogP contribution in [0, 0.1) is 0 Å². The molecule has 0 fully saturated rings. The molecule has 0 spiro atoms. The number of rotatable bonds is 6. The maximum atomic E-state index is 6.48. The molecule has 0 unspecified atom stereocenters. The number of benzene rings is 8. The fourth-order valence-corrected chi connectivity index (χ4v) is 8.98. The Morgan fingerprint density at radius 3 is 1.31 bits per heavy atom. The lowest BCUT2D eigenvalue weighted by atomic mass is 9.95. The minimum absolute atomic E-state index is 0.738. The molecule has 0 saturated heterocycles. The third kappa shape index (κ3) is 5.23. The standard InChI is InChI=1S/C55H34O4/c1-3-44-40(27-32(2)33-11-6-4-7-12-33)52-48(56-44)23-24-49-53(52)42-30-38(18-21-46(42)58-49)35-15-10-16-36(28-35)39-19-22-47-43(31-39)55-51(59-47)26-25-50-54(55)41-29-37(17-20-45(41)57-50)34-13-8-5-9-14-34/h3-31H,1H2,2H3/b32-27+. The molecule has 8 aromatic carbocycles. The summed E-state index contributed by atoms with van der Waals surface area (Å²) in [5.74, 6) is 0.738. The van der Waals surface area contributed by atoms with Crippen LogP contribution in [-0.2, 0) is 0 Å². The summed E-state index contributed by atoms with van der Waals surface area (Å²) in [6.07, 6.45) is 3.99. The van der Waals surface area contributed by atoms with Gasteiger partial charge in [0.1, 0.15) is 44.8 Å². The summed E-state index contributed by atoms with van der Waals surface area (Å²) in [5.41, 5.74) is 15.9. The highest BCUT2D eigenvalue weighted by molar-refractivity contribution is 6.26. The first-order valence-corrected chi connectivity index (χ1v) is 19.8. The monoisotopic (exact) mass is 758 g/mol. The van der Waals surface area contributed by atoms with E-state index in [0.29, 0.717) is 0 Å². The highest BCUT2D eigenvalue weighted by Crippen LogP contribution is 2.44. The van der Waals surface area contributed by atoms with E-state index in [4.69, 9.17) is 17.7 Å². The van der Waals surface area contributed by atoms with Gasteiger partial charge in [-0.05, 0) is 130 Å². The van der Waals surface area contributed by atoms with Crippen LogP contribution in [0.5, 0.6) is 0 Å². The van der Waals surface area contributed by atoms with Crippen molar-refractivity contribution in [3.63, 3.8) is 0 Å². The number of fused-ring (bicyclic) bond motifs is 12. The quantitative estimate of drug-likeness (QED) is 0.169. The second-order valence-corrected chi connectivity index (χ2v) is 15.3. The van der Waals surface area contributed by atoms with Gasteiger partial charge in [0.25, 0.3) is 0 Å². The Morgan fingerprint density at radius 2 is 0.797 bits per heavy atom. The second kappa shape index (κ2) is 12.9. The average Bonchev–Trinajstić information content (AvgIpc) is 4.06. The van der Waals surface area contributed by atoms with Crippen molar-refractivity contribution >= 4 is 94.5 Å². The van der Waals surface area contributed by atoms with Gasteiger partial charge in [-0.1, -0.05) is 104 Å². The first-order chi connectivity index (χ1) is 29.1. The van der Waals surface area contributed by atoms with Crippen LogP contribution < -0.4 is 0 Å². The van der Waals surface area contributed by atoms with E-state index < -0.39 is 0 Å². The Bertz CT molecular complexity index is 3680.